The van der Waals surface area contributed by atoms with Crippen molar-refractivity contribution >= 4 is 22.7 Å². The Morgan fingerprint density at radius 3 is 2.07 bits per heavy atom. The van der Waals surface area contributed by atoms with Crippen LogP contribution in [0.2, 0.25) is 0 Å². The first-order valence-electron chi connectivity index (χ1n) is 5.44. The molecule has 0 radical (unpaired) electrons. The van der Waals surface area contributed by atoms with Gasteiger partial charge in [0, 0.05) is 18.8 Å². The predicted molar refractivity (Wildman–Crippen MR) is 67.3 cm³/mol. The summed E-state index contributed by atoms with van der Waals surface area (Å²) >= 11 is 0. The van der Waals surface area contributed by atoms with E-state index in [1.165, 1.54) is 42.7 Å². The van der Waals surface area contributed by atoms with Crippen LogP contribution in [-0.2, 0) is 12.8 Å². The van der Waals surface area contributed by atoms with Crippen LogP contribution in [0, 0.1) is 0 Å². The maximum atomic E-state index is 9.59. The Labute approximate surface area is 101 Å². The van der Waals surface area contributed by atoms with Crippen LogP contribution in [0.4, 0.5) is 5.69 Å². The van der Waals surface area contributed by atoms with Gasteiger partial charge in [-0.15, -0.1) is 17.0 Å². The van der Waals surface area contributed by atoms with Crippen molar-refractivity contribution in [3.63, 3.8) is 0 Å². The molecule has 82 valence electrons. The fourth-order valence-electron chi connectivity index (χ4n) is 2.79. The van der Waals surface area contributed by atoms with Crippen LogP contribution in [0.1, 0.15) is 24.0 Å². The van der Waals surface area contributed by atoms with Gasteiger partial charge in [-0.05, 0) is 48.9 Å². The highest BCUT2D eigenvalue weighted by atomic mass is 79.9. The van der Waals surface area contributed by atoms with Crippen LogP contribution in [0.15, 0.2) is 12.1 Å². The zero-order valence-electron chi connectivity index (χ0n) is 8.70. The lowest BCUT2D eigenvalue weighted by Crippen LogP contribution is -2.34. The maximum Gasteiger partial charge on any atom is 0.116 e. The second-order valence-electron chi connectivity index (χ2n) is 4.31. The third-order valence-corrected chi connectivity index (χ3v) is 3.32. The molecule has 0 fully saturated rings. The van der Waals surface area contributed by atoms with Gasteiger partial charge in [0.05, 0.1) is 0 Å². The van der Waals surface area contributed by atoms with E-state index in [0.29, 0.717) is 5.75 Å². The Bertz CT molecular complexity index is 347. The lowest BCUT2D eigenvalue weighted by atomic mass is 9.92. The summed E-state index contributed by atoms with van der Waals surface area (Å²) in [4.78, 5) is 2.48. The van der Waals surface area contributed by atoms with E-state index in [1.807, 2.05) is 12.1 Å². The molecule has 1 N–H and O–H groups in total. The third kappa shape index (κ3) is 1.73. The van der Waals surface area contributed by atoms with Crippen molar-refractivity contribution in [3.05, 3.63) is 23.3 Å². The van der Waals surface area contributed by atoms with Gasteiger partial charge in [-0.1, -0.05) is 0 Å². The fraction of sp³-hybridized carbons (Fsp3) is 0.500. The predicted octanol–water partition coefficient (Wildman–Crippen LogP) is 2.67. The molecule has 0 atom stereocenters. The van der Waals surface area contributed by atoms with Gasteiger partial charge < -0.3 is 10.0 Å². The molecule has 0 amide bonds. The number of rotatable bonds is 0. The zero-order valence-corrected chi connectivity index (χ0v) is 10.4. The SMILES string of the molecule is Br.Oc1cc2c3c(c1)CCCN3CCC2. The van der Waals surface area contributed by atoms with Gasteiger partial charge in [-0.25, -0.2) is 0 Å². The normalized spacial score (nSPS) is 18.0. The quantitative estimate of drug-likeness (QED) is 0.783. The van der Waals surface area contributed by atoms with Crippen molar-refractivity contribution in [2.45, 2.75) is 25.7 Å². The van der Waals surface area contributed by atoms with E-state index in [9.17, 15) is 5.11 Å². The molecule has 0 bridgehead atoms. The molecule has 2 aliphatic rings. The Kier molecular flexibility index (Phi) is 2.91. The summed E-state index contributed by atoms with van der Waals surface area (Å²) in [5.41, 5.74) is 4.14. The topological polar surface area (TPSA) is 23.5 Å². The molecule has 2 nitrogen and oxygen atoms in total. The molecule has 2 heterocycles. The number of aryl methyl sites for hydroxylation is 2. The second kappa shape index (κ2) is 4.05. The average molecular weight is 270 g/mol. The number of phenolic OH excluding ortho intramolecular Hbond substituents is 1. The van der Waals surface area contributed by atoms with E-state index in [1.54, 1.807) is 0 Å². The molecule has 0 saturated heterocycles. The van der Waals surface area contributed by atoms with Crippen LogP contribution in [0.3, 0.4) is 0 Å². The van der Waals surface area contributed by atoms with Crippen LogP contribution < -0.4 is 4.90 Å². The first-order valence-corrected chi connectivity index (χ1v) is 5.44. The number of nitrogens with zero attached hydrogens (tertiary/aromatic N) is 1. The van der Waals surface area contributed by atoms with Gasteiger partial charge in [0.25, 0.3) is 0 Å². The molecule has 0 unspecified atom stereocenters. The van der Waals surface area contributed by atoms with E-state index >= 15 is 0 Å². The van der Waals surface area contributed by atoms with Gasteiger partial charge >= 0.3 is 0 Å². The molecule has 1 aromatic carbocycles. The Balaban J connectivity index is 0.000000853. The number of hydrogen-bond acceptors (Lipinski definition) is 2. The molecule has 0 aromatic heterocycles. The van der Waals surface area contributed by atoms with Crippen molar-refractivity contribution in [2.24, 2.45) is 0 Å². The zero-order chi connectivity index (χ0) is 9.54. The number of benzene rings is 1. The van der Waals surface area contributed by atoms with E-state index in [4.69, 9.17) is 0 Å². The van der Waals surface area contributed by atoms with E-state index in [0.717, 1.165) is 12.8 Å². The minimum absolute atomic E-state index is 0. The van der Waals surface area contributed by atoms with E-state index < -0.39 is 0 Å². The summed E-state index contributed by atoms with van der Waals surface area (Å²) in [6.45, 7) is 2.40. The van der Waals surface area contributed by atoms with Gasteiger partial charge in [-0.2, -0.15) is 0 Å². The Morgan fingerprint density at radius 2 is 1.53 bits per heavy atom. The molecule has 2 aliphatic heterocycles. The summed E-state index contributed by atoms with van der Waals surface area (Å²) in [6, 6.07) is 3.88. The molecular formula is C12H16BrNO. The first-order chi connectivity index (χ1) is 6.84. The number of hydrogen-bond donors (Lipinski definition) is 1. The maximum absolute atomic E-state index is 9.59. The van der Waals surface area contributed by atoms with E-state index in [-0.39, 0.29) is 17.0 Å². The monoisotopic (exact) mass is 269 g/mol. The average Bonchev–Trinajstić information content (AvgIpc) is 2.18. The van der Waals surface area contributed by atoms with Gasteiger partial charge in [0.15, 0.2) is 0 Å². The minimum atomic E-state index is 0. The van der Waals surface area contributed by atoms with Crippen LogP contribution >= 0.6 is 17.0 Å². The number of aromatic hydroxyl groups is 1. The summed E-state index contributed by atoms with van der Waals surface area (Å²) < 4.78 is 0. The fourth-order valence-corrected chi connectivity index (χ4v) is 2.79. The minimum Gasteiger partial charge on any atom is -0.508 e. The van der Waals surface area contributed by atoms with Crippen LogP contribution in [-0.4, -0.2) is 18.2 Å². The van der Waals surface area contributed by atoms with Crippen LogP contribution in [0.5, 0.6) is 5.75 Å². The molecule has 0 saturated carbocycles. The Morgan fingerprint density at radius 1 is 1.00 bits per heavy atom. The summed E-state index contributed by atoms with van der Waals surface area (Å²) in [7, 11) is 0. The molecule has 1 aromatic rings. The third-order valence-electron chi connectivity index (χ3n) is 3.32. The lowest BCUT2D eigenvalue weighted by Gasteiger charge is -2.36. The van der Waals surface area contributed by atoms with E-state index in [2.05, 4.69) is 4.90 Å². The van der Waals surface area contributed by atoms with Gasteiger partial charge in [0.2, 0.25) is 0 Å². The van der Waals surface area contributed by atoms with Gasteiger partial charge in [0.1, 0.15) is 5.75 Å². The first kappa shape index (κ1) is 10.8. The number of anilines is 1. The van der Waals surface area contributed by atoms with Crippen molar-refractivity contribution in [1.82, 2.24) is 0 Å². The smallest absolute Gasteiger partial charge is 0.116 e. The number of halogens is 1. The largest absolute Gasteiger partial charge is 0.508 e. The molecule has 3 heteroatoms. The second-order valence-corrected chi connectivity index (χ2v) is 4.31. The summed E-state index contributed by atoms with van der Waals surface area (Å²) in [6.07, 6.45) is 4.73. The molecule has 0 aliphatic carbocycles. The highest BCUT2D eigenvalue weighted by Gasteiger charge is 2.23. The van der Waals surface area contributed by atoms with Crippen molar-refractivity contribution in [3.8, 4) is 5.75 Å². The Hall–Kier alpha value is -0.700. The highest BCUT2D eigenvalue weighted by Crippen LogP contribution is 2.37. The standard InChI is InChI=1S/C12H15NO.BrH/c14-11-7-9-3-1-5-13-6-2-4-10(8-11)12(9)13;/h7-8,14H,1-6H2;1H. The lowest BCUT2D eigenvalue weighted by molar-refractivity contribution is 0.472. The van der Waals surface area contributed by atoms with Crippen molar-refractivity contribution < 1.29 is 5.11 Å². The number of phenols is 1. The highest BCUT2D eigenvalue weighted by molar-refractivity contribution is 8.93. The van der Waals surface area contributed by atoms with Gasteiger partial charge in [-0.3, -0.25) is 0 Å². The summed E-state index contributed by atoms with van der Waals surface area (Å²) in [5, 5.41) is 9.59. The summed E-state index contributed by atoms with van der Waals surface area (Å²) in [5.74, 6) is 0.447. The molecule has 3 rings (SSSR count). The molecule has 0 spiro atoms. The molecule has 15 heavy (non-hydrogen) atoms. The van der Waals surface area contributed by atoms with Crippen molar-refractivity contribution in [1.29, 1.82) is 0 Å². The van der Waals surface area contributed by atoms with Crippen LogP contribution in [0.25, 0.3) is 0 Å². The van der Waals surface area contributed by atoms with Crippen molar-refractivity contribution in [2.75, 3.05) is 18.0 Å². The molecular weight excluding hydrogens is 254 g/mol.